The summed E-state index contributed by atoms with van der Waals surface area (Å²) in [5.41, 5.74) is 1.73. The Bertz CT molecular complexity index is 1060. The van der Waals surface area contributed by atoms with Crippen molar-refractivity contribution < 1.29 is 4.74 Å². The van der Waals surface area contributed by atoms with E-state index in [1.807, 2.05) is 66.7 Å². The van der Waals surface area contributed by atoms with Crippen LogP contribution in [0.25, 0.3) is 27.4 Å². The second kappa shape index (κ2) is 5.29. The lowest BCUT2D eigenvalue weighted by Gasteiger charge is -2.13. The minimum absolute atomic E-state index is 0.00975. The van der Waals surface area contributed by atoms with E-state index in [9.17, 15) is 4.79 Å². The zero-order valence-corrected chi connectivity index (χ0v) is 12.7. The van der Waals surface area contributed by atoms with Crippen molar-refractivity contribution in [1.29, 1.82) is 0 Å². The highest BCUT2D eigenvalue weighted by molar-refractivity contribution is 6.06. The van der Waals surface area contributed by atoms with Crippen LogP contribution in [0.5, 0.6) is 5.75 Å². The molecule has 4 rings (SSSR count). The van der Waals surface area contributed by atoms with E-state index >= 15 is 0 Å². The zero-order valence-electron chi connectivity index (χ0n) is 12.7. The van der Waals surface area contributed by atoms with Gasteiger partial charge < -0.3 is 4.74 Å². The van der Waals surface area contributed by atoms with Gasteiger partial charge in [-0.05, 0) is 41.8 Å². The molecule has 0 N–H and O–H groups in total. The predicted molar refractivity (Wildman–Crippen MR) is 93.6 cm³/mol. The lowest BCUT2D eigenvalue weighted by molar-refractivity contribution is 0.415. The third-order valence-electron chi connectivity index (χ3n) is 4.13. The highest BCUT2D eigenvalue weighted by atomic mass is 16.5. The molecule has 4 aromatic rings. The molecule has 0 saturated heterocycles. The van der Waals surface area contributed by atoms with Gasteiger partial charge in [-0.1, -0.05) is 36.4 Å². The number of aromatic nitrogens is 1. The van der Waals surface area contributed by atoms with Crippen LogP contribution in [-0.4, -0.2) is 11.7 Å². The molecule has 1 aromatic heterocycles. The number of methoxy groups -OCH3 is 1. The van der Waals surface area contributed by atoms with Gasteiger partial charge in [0.1, 0.15) is 5.75 Å². The van der Waals surface area contributed by atoms with Gasteiger partial charge in [-0.3, -0.25) is 9.36 Å². The van der Waals surface area contributed by atoms with Gasteiger partial charge in [-0.2, -0.15) is 0 Å². The number of ether oxygens (including phenoxy) is 1. The molecule has 112 valence electrons. The van der Waals surface area contributed by atoms with Gasteiger partial charge in [-0.25, -0.2) is 0 Å². The van der Waals surface area contributed by atoms with E-state index in [2.05, 4.69) is 6.07 Å². The van der Waals surface area contributed by atoms with Crippen molar-refractivity contribution in [2.24, 2.45) is 0 Å². The van der Waals surface area contributed by atoms with Crippen LogP contribution in [0.1, 0.15) is 0 Å². The summed E-state index contributed by atoms with van der Waals surface area (Å²) in [6.07, 6.45) is 0. The maximum Gasteiger partial charge on any atom is 0.263 e. The Balaban J connectivity index is 2.15. The molecule has 0 bridgehead atoms. The largest absolute Gasteiger partial charge is 0.497 e. The molecule has 0 aliphatic rings. The van der Waals surface area contributed by atoms with E-state index in [-0.39, 0.29) is 5.56 Å². The first-order valence-electron chi connectivity index (χ1n) is 7.46. The summed E-state index contributed by atoms with van der Waals surface area (Å²) < 4.78 is 6.97. The standard InChI is InChI=1S/C20H15NO2/c1-23-15-12-10-14(11-13-15)21-19-9-5-4-7-17(19)16-6-2-3-8-18(16)20(21)22/h2-13H,1H3. The number of benzene rings is 3. The van der Waals surface area contributed by atoms with Crippen LogP contribution < -0.4 is 10.3 Å². The molecule has 0 aliphatic heterocycles. The number of nitrogens with zero attached hydrogens (tertiary/aromatic N) is 1. The highest BCUT2D eigenvalue weighted by Gasteiger charge is 2.11. The Hall–Kier alpha value is -3.07. The van der Waals surface area contributed by atoms with Gasteiger partial charge in [-0.15, -0.1) is 0 Å². The van der Waals surface area contributed by atoms with Crippen LogP contribution >= 0.6 is 0 Å². The summed E-state index contributed by atoms with van der Waals surface area (Å²) in [6.45, 7) is 0. The number of hydrogen-bond donors (Lipinski definition) is 0. The first-order chi connectivity index (χ1) is 11.3. The third-order valence-corrected chi connectivity index (χ3v) is 4.13. The lowest BCUT2D eigenvalue weighted by atomic mass is 10.1. The minimum Gasteiger partial charge on any atom is -0.497 e. The van der Waals surface area contributed by atoms with Crippen LogP contribution in [-0.2, 0) is 0 Å². The van der Waals surface area contributed by atoms with Crippen molar-refractivity contribution in [1.82, 2.24) is 4.57 Å². The number of para-hydroxylation sites is 1. The molecule has 0 spiro atoms. The Labute approximate surface area is 133 Å². The molecule has 3 heteroatoms. The summed E-state index contributed by atoms with van der Waals surface area (Å²) in [5, 5.41) is 2.78. The van der Waals surface area contributed by atoms with Gasteiger partial charge in [0, 0.05) is 16.5 Å². The number of rotatable bonds is 2. The monoisotopic (exact) mass is 301 g/mol. The van der Waals surface area contributed by atoms with Gasteiger partial charge in [0.05, 0.1) is 12.6 Å². The van der Waals surface area contributed by atoms with Crippen molar-refractivity contribution >= 4 is 21.7 Å². The summed E-state index contributed by atoms with van der Waals surface area (Å²) in [4.78, 5) is 13.0. The quantitative estimate of drug-likeness (QED) is 0.521. The molecular formula is C20H15NO2. The van der Waals surface area contributed by atoms with E-state index in [4.69, 9.17) is 4.74 Å². The second-order valence-corrected chi connectivity index (χ2v) is 5.40. The molecular weight excluding hydrogens is 286 g/mol. The molecule has 0 amide bonds. The third kappa shape index (κ3) is 2.09. The first-order valence-corrected chi connectivity index (χ1v) is 7.46. The maximum absolute atomic E-state index is 13.0. The average molecular weight is 301 g/mol. The summed E-state index contributed by atoms with van der Waals surface area (Å²) >= 11 is 0. The fraction of sp³-hybridized carbons (Fsp3) is 0.0500. The molecule has 0 aliphatic carbocycles. The van der Waals surface area contributed by atoms with Crippen molar-refractivity contribution in [3.8, 4) is 11.4 Å². The van der Waals surface area contributed by atoms with Crippen molar-refractivity contribution in [2.45, 2.75) is 0 Å². The Kier molecular flexibility index (Phi) is 3.12. The van der Waals surface area contributed by atoms with Gasteiger partial charge >= 0.3 is 0 Å². The number of fused-ring (bicyclic) bond motifs is 3. The van der Waals surface area contributed by atoms with Crippen LogP contribution in [0.4, 0.5) is 0 Å². The van der Waals surface area contributed by atoms with Gasteiger partial charge in [0.25, 0.3) is 5.56 Å². The SMILES string of the molecule is COc1ccc(-n2c(=O)c3ccccc3c3ccccc32)cc1. The summed E-state index contributed by atoms with van der Waals surface area (Å²) in [6, 6.07) is 23.3. The first kappa shape index (κ1) is 13.6. The van der Waals surface area contributed by atoms with Gasteiger partial charge in [0.15, 0.2) is 0 Å². The number of hydrogen-bond acceptors (Lipinski definition) is 2. The van der Waals surface area contributed by atoms with Crippen molar-refractivity contribution in [3.63, 3.8) is 0 Å². The van der Waals surface area contributed by atoms with E-state index in [1.165, 1.54) is 0 Å². The molecule has 0 saturated carbocycles. The van der Waals surface area contributed by atoms with Crippen molar-refractivity contribution in [2.75, 3.05) is 7.11 Å². The average Bonchev–Trinajstić information content (AvgIpc) is 2.63. The van der Waals surface area contributed by atoms with Crippen molar-refractivity contribution in [3.05, 3.63) is 83.2 Å². The normalized spacial score (nSPS) is 11.0. The van der Waals surface area contributed by atoms with E-state index in [0.717, 1.165) is 33.1 Å². The Morgan fingerprint density at radius 3 is 2.04 bits per heavy atom. The molecule has 3 nitrogen and oxygen atoms in total. The van der Waals surface area contributed by atoms with E-state index in [1.54, 1.807) is 11.7 Å². The van der Waals surface area contributed by atoms with Crippen LogP contribution in [0.3, 0.4) is 0 Å². The summed E-state index contributed by atoms with van der Waals surface area (Å²) in [5.74, 6) is 0.770. The Morgan fingerprint density at radius 2 is 1.35 bits per heavy atom. The maximum atomic E-state index is 13.0. The molecule has 1 heterocycles. The van der Waals surface area contributed by atoms with Gasteiger partial charge in [0.2, 0.25) is 0 Å². The molecule has 0 radical (unpaired) electrons. The fourth-order valence-corrected chi connectivity index (χ4v) is 3.02. The van der Waals surface area contributed by atoms with Crippen LogP contribution in [0.2, 0.25) is 0 Å². The predicted octanol–water partition coefficient (Wildman–Crippen LogP) is 4.15. The van der Waals surface area contributed by atoms with Crippen LogP contribution in [0, 0.1) is 0 Å². The summed E-state index contributed by atoms with van der Waals surface area (Å²) in [7, 11) is 1.63. The topological polar surface area (TPSA) is 31.2 Å². The molecule has 3 aromatic carbocycles. The molecule has 23 heavy (non-hydrogen) atoms. The Morgan fingerprint density at radius 1 is 0.739 bits per heavy atom. The second-order valence-electron chi connectivity index (χ2n) is 5.40. The molecule has 0 fully saturated rings. The fourth-order valence-electron chi connectivity index (χ4n) is 3.02. The molecule has 0 unspecified atom stereocenters. The number of pyridine rings is 1. The smallest absolute Gasteiger partial charge is 0.263 e. The zero-order chi connectivity index (χ0) is 15.8. The van der Waals surface area contributed by atoms with E-state index < -0.39 is 0 Å². The molecule has 0 atom stereocenters. The van der Waals surface area contributed by atoms with E-state index in [0.29, 0.717) is 0 Å². The van der Waals surface area contributed by atoms with Crippen LogP contribution in [0.15, 0.2) is 77.6 Å². The highest BCUT2D eigenvalue weighted by Crippen LogP contribution is 2.25. The minimum atomic E-state index is -0.00975. The lowest BCUT2D eigenvalue weighted by Crippen LogP contribution is -2.19.